The van der Waals surface area contributed by atoms with Crippen LogP contribution in [0, 0.1) is 41.7 Å². The van der Waals surface area contributed by atoms with E-state index in [0.29, 0.717) is 30.6 Å². The van der Waals surface area contributed by atoms with Gasteiger partial charge in [0.1, 0.15) is 17.7 Å². The molecule has 0 amide bonds. The van der Waals surface area contributed by atoms with Crippen LogP contribution in [0.15, 0.2) is 29.8 Å². The summed E-state index contributed by atoms with van der Waals surface area (Å²) < 4.78 is 32.9. The van der Waals surface area contributed by atoms with E-state index in [4.69, 9.17) is 4.74 Å². The van der Waals surface area contributed by atoms with Crippen molar-refractivity contribution in [2.24, 2.45) is 23.7 Å². The summed E-state index contributed by atoms with van der Waals surface area (Å²) in [7, 11) is 0. The second-order valence-corrected chi connectivity index (χ2v) is 10.5. The number of halogens is 2. The Hall–Kier alpha value is -1.99. The van der Waals surface area contributed by atoms with E-state index in [2.05, 4.69) is 24.8 Å². The first kappa shape index (κ1) is 25.1. The molecule has 4 rings (SSSR count). The fraction of sp³-hybridized carbons (Fsp3) is 0.630. The summed E-state index contributed by atoms with van der Waals surface area (Å²) in [5, 5.41) is 11.7. The zero-order chi connectivity index (χ0) is 24.6. The van der Waals surface area contributed by atoms with E-state index < -0.39 is 23.3 Å². The molecule has 1 aromatic carbocycles. The van der Waals surface area contributed by atoms with E-state index in [1.807, 2.05) is 18.2 Å². The summed E-state index contributed by atoms with van der Waals surface area (Å²) >= 11 is 0. The molecule has 3 aliphatic rings. The SMILES string of the molecule is CC(=O)O[C@@H]1[CH][C@@]2(O)[C@H](C)CC[C@@H](C(C)CN3CCN(c4ccc(F)cc4F)CC3)[C@H]2C=C1C. The number of carbonyl (C=O) groups is 1. The van der Waals surface area contributed by atoms with Gasteiger partial charge >= 0.3 is 5.97 Å². The summed E-state index contributed by atoms with van der Waals surface area (Å²) in [6.45, 7) is 11.6. The maximum atomic E-state index is 14.2. The van der Waals surface area contributed by atoms with Gasteiger partial charge < -0.3 is 14.7 Å². The Balaban J connectivity index is 1.41. The topological polar surface area (TPSA) is 53.0 Å². The summed E-state index contributed by atoms with van der Waals surface area (Å²) in [6, 6.07) is 3.77. The van der Waals surface area contributed by atoms with E-state index in [0.717, 1.165) is 44.1 Å². The van der Waals surface area contributed by atoms with Crippen LogP contribution in [-0.4, -0.2) is 60.4 Å². The smallest absolute Gasteiger partial charge is 0.303 e. The lowest BCUT2D eigenvalue weighted by Gasteiger charge is -2.53. The van der Waals surface area contributed by atoms with Crippen molar-refractivity contribution in [1.29, 1.82) is 0 Å². The molecule has 0 bridgehead atoms. The van der Waals surface area contributed by atoms with Crippen LogP contribution < -0.4 is 4.90 Å². The Kier molecular flexibility index (Phi) is 7.34. The molecule has 34 heavy (non-hydrogen) atoms. The van der Waals surface area contributed by atoms with Gasteiger partial charge in [-0.2, -0.15) is 0 Å². The van der Waals surface area contributed by atoms with Gasteiger partial charge in [-0.25, -0.2) is 8.78 Å². The minimum Gasteiger partial charge on any atom is -0.458 e. The third-order valence-electron chi connectivity index (χ3n) is 8.22. The lowest BCUT2D eigenvalue weighted by Crippen LogP contribution is -2.57. The second-order valence-electron chi connectivity index (χ2n) is 10.5. The number of benzene rings is 1. The molecule has 7 heteroatoms. The third kappa shape index (κ3) is 5.01. The van der Waals surface area contributed by atoms with Gasteiger partial charge in [0.2, 0.25) is 0 Å². The van der Waals surface area contributed by atoms with Crippen molar-refractivity contribution in [2.45, 2.75) is 52.2 Å². The maximum Gasteiger partial charge on any atom is 0.303 e. The first-order valence-electron chi connectivity index (χ1n) is 12.4. The number of hydrogen-bond donors (Lipinski definition) is 1. The number of piperazine rings is 1. The van der Waals surface area contributed by atoms with Gasteiger partial charge in [0, 0.05) is 58.1 Å². The molecule has 0 spiro atoms. The molecule has 1 aromatic rings. The van der Waals surface area contributed by atoms with Crippen molar-refractivity contribution in [1.82, 2.24) is 4.90 Å². The number of carbonyl (C=O) groups excluding carboxylic acids is 1. The Morgan fingerprint density at radius 2 is 1.94 bits per heavy atom. The molecule has 5 nitrogen and oxygen atoms in total. The number of rotatable bonds is 5. The van der Waals surface area contributed by atoms with E-state index >= 15 is 0 Å². The van der Waals surface area contributed by atoms with Gasteiger partial charge in [0.05, 0.1) is 11.3 Å². The molecule has 1 unspecified atom stereocenters. The van der Waals surface area contributed by atoms with Crippen LogP contribution in [-0.2, 0) is 9.53 Å². The van der Waals surface area contributed by atoms with Crippen molar-refractivity contribution < 1.29 is 23.4 Å². The predicted octanol–water partition coefficient (Wildman–Crippen LogP) is 4.21. The number of fused-ring (bicyclic) bond motifs is 1. The Morgan fingerprint density at radius 3 is 2.59 bits per heavy atom. The summed E-state index contributed by atoms with van der Waals surface area (Å²) in [6.07, 6.45) is 5.49. The van der Waals surface area contributed by atoms with Gasteiger partial charge in [-0.3, -0.25) is 9.69 Å². The first-order chi connectivity index (χ1) is 16.1. The van der Waals surface area contributed by atoms with Gasteiger partial charge in [-0.15, -0.1) is 0 Å². The third-order valence-corrected chi connectivity index (χ3v) is 8.22. The van der Waals surface area contributed by atoms with Crippen molar-refractivity contribution in [2.75, 3.05) is 37.6 Å². The number of aliphatic hydroxyl groups is 1. The highest BCUT2D eigenvalue weighted by Gasteiger charge is 2.53. The molecule has 2 fully saturated rings. The Labute approximate surface area is 201 Å². The van der Waals surface area contributed by atoms with Crippen LogP contribution in [0.25, 0.3) is 0 Å². The summed E-state index contributed by atoms with van der Waals surface area (Å²) in [5.41, 5.74) is 0.447. The molecule has 1 N–H and O–H groups in total. The van der Waals surface area contributed by atoms with E-state index in [1.165, 1.54) is 19.1 Å². The zero-order valence-corrected chi connectivity index (χ0v) is 20.6. The molecule has 1 radical (unpaired) electrons. The van der Waals surface area contributed by atoms with Gasteiger partial charge in [0.15, 0.2) is 0 Å². The van der Waals surface area contributed by atoms with Crippen molar-refractivity contribution in [3.05, 3.63) is 47.9 Å². The van der Waals surface area contributed by atoms with Crippen LogP contribution >= 0.6 is 0 Å². The highest BCUT2D eigenvalue weighted by Crippen LogP contribution is 2.50. The van der Waals surface area contributed by atoms with Crippen LogP contribution in [0.4, 0.5) is 14.5 Å². The highest BCUT2D eigenvalue weighted by atomic mass is 19.1. The van der Waals surface area contributed by atoms with Gasteiger partial charge in [0.25, 0.3) is 0 Å². The number of nitrogens with zero attached hydrogens (tertiary/aromatic N) is 2. The zero-order valence-electron chi connectivity index (χ0n) is 20.6. The molecule has 0 aromatic heterocycles. The van der Waals surface area contributed by atoms with Gasteiger partial charge in [-0.05, 0) is 55.2 Å². The standard InChI is InChI=1S/C27H37F2N2O3/c1-17-13-23-22(7-5-19(3)27(23,33)15-26(17)34-20(4)32)18(2)16-30-9-11-31(12-10-30)25-8-6-21(28)14-24(25)29/h6,8,13-15,18-19,22-23,26,33H,5,7,9-12,16H2,1-4H3/t18?,19-,22+,23-,26-,27-/m1/s1. The average Bonchev–Trinajstić information content (AvgIpc) is 2.76. The highest BCUT2D eigenvalue weighted by molar-refractivity contribution is 5.66. The van der Waals surface area contributed by atoms with Crippen LogP contribution in [0.1, 0.15) is 40.5 Å². The molecular formula is C27H37F2N2O3. The van der Waals surface area contributed by atoms with Crippen molar-refractivity contribution in [3.8, 4) is 0 Å². The minimum absolute atomic E-state index is 0.00680. The van der Waals surface area contributed by atoms with Crippen LogP contribution in [0.5, 0.6) is 0 Å². The first-order valence-corrected chi connectivity index (χ1v) is 12.4. The van der Waals surface area contributed by atoms with Crippen LogP contribution in [0.3, 0.4) is 0 Å². The number of esters is 1. The summed E-state index contributed by atoms with van der Waals surface area (Å²) in [5.74, 6) is -0.646. The molecule has 1 aliphatic heterocycles. The van der Waals surface area contributed by atoms with Crippen LogP contribution in [0.2, 0.25) is 0 Å². The van der Waals surface area contributed by atoms with Crippen molar-refractivity contribution in [3.63, 3.8) is 0 Å². The van der Waals surface area contributed by atoms with E-state index in [-0.39, 0.29) is 17.8 Å². The van der Waals surface area contributed by atoms with E-state index in [1.54, 1.807) is 0 Å². The number of hydrogen-bond acceptors (Lipinski definition) is 5. The molecule has 187 valence electrons. The number of anilines is 1. The average molecular weight is 476 g/mol. The lowest BCUT2D eigenvalue weighted by molar-refractivity contribution is -0.148. The Bertz CT molecular complexity index is 930. The summed E-state index contributed by atoms with van der Waals surface area (Å²) in [4.78, 5) is 15.9. The van der Waals surface area contributed by atoms with Crippen molar-refractivity contribution >= 4 is 11.7 Å². The normalized spacial score (nSPS) is 33.1. The monoisotopic (exact) mass is 475 g/mol. The quantitative estimate of drug-likeness (QED) is 0.511. The fourth-order valence-electron chi connectivity index (χ4n) is 6.21. The molecular weight excluding hydrogens is 438 g/mol. The minimum atomic E-state index is -0.990. The Morgan fingerprint density at radius 1 is 1.24 bits per heavy atom. The largest absolute Gasteiger partial charge is 0.458 e. The molecule has 1 saturated heterocycles. The second kappa shape index (κ2) is 9.94. The maximum absolute atomic E-state index is 14.2. The predicted molar refractivity (Wildman–Crippen MR) is 128 cm³/mol. The molecule has 1 heterocycles. The lowest BCUT2D eigenvalue weighted by atomic mass is 9.57. The number of ether oxygens (including phenoxy) is 1. The molecule has 2 aliphatic carbocycles. The molecule has 6 atom stereocenters. The molecule has 1 saturated carbocycles. The fourth-order valence-corrected chi connectivity index (χ4v) is 6.21. The van der Waals surface area contributed by atoms with Gasteiger partial charge in [-0.1, -0.05) is 19.9 Å². The van der Waals surface area contributed by atoms with E-state index in [9.17, 15) is 18.7 Å².